The lowest BCUT2D eigenvalue weighted by molar-refractivity contribution is 0.102. The molecule has 1 fully saturated rings. The fraction of sp³-hybridized carbons (Fsp3) is 0.286. The van der Waals surface area contributed by atoms with Gasteiger partial charge in [0.05, 0.1) is 5.52 Å². The van der Waals surface area contributed by atoms with Crippen LogP contribution in [-0.2, 0) is 0 Å². The summed E-state index contributed by atoms with van der Waals surface area (Å²) in [5.74, 6) is 0.853. The van der Waals surface area contributed by atoms with Gasteiger partial charge in [-0.2, -0.15) is 0 Å². The van der Waals surface area contributed by atoms with Crippen LogP contribution in [0.3, 0.4) is 0 Å². The first-order valence-electron chi connectivity index (χ1n) is 8.99. The molecule has 5 heteroatoms. The number of aryl methyl sites for hydroxylation is 2. The zero-order chi connectivity index (χ0) is 18.1. The highest BCUT2D eigenvalue weighted by Gasteiger charge is 2.17. The molecular weight excluding hydrogens is 324 g/mol. The van der Waals surface area contributed by atoms with Crippen LogP contribution < -0.4 is 10.2 Å². The van der Waals surface area contributed by atoms with Crippen molar-refractivity contribution < 1.29 is 4.79 Å². The third-order valence-corrected chi connectivity index (χ3v) is 4.76. The maximum absolute atomic E-state index is 12.6. The van der Waals surface area contributed by atoms with E-state index in [4.69, 9.17) is 0 Å². The Bertz CT molecular complexity index is 957. The molecular formula is C21H22N4O. The normalized spacial score (nSPS) is 14.0. The summed E-state index contributed by atoms with van der Waals surface area (Å²) in [5, 5.41) is 3.99. The van der Waals surface area contributed by atoms with Crippen molar-refractivity contribution in [2.45, 2.75) is 26.7 Å². The first-order chi connectivity index (χ1) is 12.6. The number of benzene rings is 2. The number of nitrogens with one attached hydrogen (secondary N) is 1. The summed E-state index contributed by atoms with van der Waals surface area (Å²) in [5.41, 5.74) is 4.49. The van der Waals surface area contributed by atoms with Crippen LogP contribution in [0.1, 0.15) is 34.3 Å². The van der Waals surface area contributed by atoms with E-state index in [1.807, 2.05) is 44.2 Å². The van der Waals surface area contributed by atoms with Crippen LogP contribution in [-0.4, -0.2) is 29.0 Å². The summed E-state index contributed by atoms with van der Waals surface area (Å²) in [6.45, 7) is 6.04. The molecule has 1 aliphatic heterocycles. The van der Waals surface area contributed by atoms with Gasteiger partial charge >= 0.3 is 0 Å². The molecule has 0 spiro atoms. The Kier molecular flexibility index (Phi) is 4.29. The van der Waals surface area contributed by atoms with Crippen LogP contribution in [0.4, 0.5) is 11.5 Å². The van der Waals surface area contributed by atoms with Crippen molar-refractivity contribution in [1.29, 1.82) is 0 Å². The summed E-state index contributed by atoms with van der Waals surface area (Å²) >= 11 is 0. The van der Waals surface area contributed by atoms with Gasteiger partial charge in [-0.05, 0) is 57.0 Å². The van der Waals surface area contributed by atoms with Gasteiger partial charge in [0.1, 0.15) is 12.1 Å². The maximum Gasteiger partial charge on any atom is 0.255 e. The van der Waals surface area contributed by atoms with E-state index in [-0.39, 0.29) is 5.91 Å². The number of aromatic nitrogens is 2. The predicted octanol–water partition coefficient (Wildman–Crippen LogP) is 4.10. The molecule has 1 aliphatic rings. The molecule has 4 rings (SSSR count). The molecule has 132 valence electrons. The van der Waals surface area contributed by atoms with Gasteiger partial charge in [0.2, 0.25) is 0 Å². The summed E-state index contributed by atoms with van der Waals surface area (Å²) in [6.07, 6.45) is 3.99. The fourth-order valence-electron chi connectivity index (χ4n) is 3.61. The molecule has 2 heterocycles. The zero-order valence-electron chi connectivity index (χ0n) is 15.1. The summed E-state index contributed by atoms with van der Waals surface area (Å²) in [6, 6.07) is 11.7. The molecule has 26 heavy (non-hydrogen) atoms. The minimum Gasteiger partial charge on any atom is -0.356 e. The lowest BCUT2D eigenvalue weighted by atomic mass is 10.1. The van der Waals surface area contributed by atoms with Crippen molar-refractivity contribution in [3.05, 3.63) is 59.4 Å². The smallest absolute Gasteiger partial charge is 0.255 e. The number of fused-ring (bicyclic) bond motifs is 1. The lowest BCUT2D eigenvalue weighted by Crippen LogP contribution is -2.19. The fourth-order valence-corrected chi connectivity index (χ4v) is 3.61. The number of hydrogen-bond acceptors (Lipinski definition) is 4. The Balaban J connectivity index is 1.66. The molecule has 1 saturated heterocycles. The molecule has 5 nitrogen and oxygen atoms in total. The van der Waals surface area contributed by atoms with E-state index in [1.54, 1.807) is 6.33 Å². The van der Waals surface area contributed by atoms with E-state index in [2.05, 4.69) is 26.3 Å². The topological polar surface area (TPSA) is 58.1 Å². The largest absolute Gasteiger partial charge is 0.356 e. The number of carbonyl (C=O) groups is 1. The molecule has 0 bridgehead atoms. The first-order valence-corrected chi connectivity index (χ1v) is 8.99. The third kappa shape index (κ3) is 3.25. The van der Waals surface area contributed by atoms with Gasteiger partial charge in [0.15, 0.2) is 0 Å². The molecule has 0 atom stereocenters. The van der Waals surface area contributed by atoms with Gasteiger partial charge in [-0.1, -0.05) is 17.2 Å². The number of anilines is 2. The number of rotatable bonds is 3. The molecule has 0 radical (unpaired) electrons. The van der Waals surface area contributed by atoms with Crippen molar-refractivity contribution >= 4 is 28.3 Å². The van der Waals surface area contributed by atoms with Crippen LogP contribution in [0.15, 0.2) is 42.7 Å². The van der Waals surface area contributed by atoms with E-state index in [0.717, 1.165) is 46.6 Å². The van der Waals surface area contributed by atoms with Crippen molar-refractivity contribution in [3.8, 4) is 0 Å². The van der Waals surface area contributed by atoms with E-state index in [1.165, 1.54) is 12.8 Å². The highest BCUT2D eigenvalue weighted by molar-refractivity contribution is 6.05. The second kappa shape index (κ2) is 6.75. The number of nitrogens with zero attached hydrogens (tertiary/aromatic N) is 3. The number of carbonyl (C=O) groups excluding carboxylic acids is 1. The van der Waals surface area contributed by atoms with Gasteiger partial charge in [0, 0.05) is 29.7 Å². The molecule has 0 aliphatic carbocycles. The first kappa shape index (κ1) is 16.5. The molecule has 0 unspecified atom stereocenters. The Morgan fingerprint density at radius 2 is 1.73 bits per heavy atom. The predicted molar refractivity (Wildman–Crippen MR) is 105 cm³/mol. The number of hydrogen-bond donors (Lipinski definition) is 1. The third-order valence-electron chi connectivity index (χ3n) is 4.76. The quantitative estimate of drug-likeness (QED) is 0.776. The highest BCUT2D eigenvalue weighted by atomic mass is 16.1. The van der Waals surface area contributed by atoms with Gasteiger partial charge in [-0.3, -0.25) is 4.79 Å². The minimum absolute atomic E-state index is 0.101. The van der Waals surface area contributed by atoms with Crippen molar-refractivity contribution in [1.82, 2.24) is 9.97 Å². The van der Waals surface area contributed by atoms with Crippen molar-refractivity contribution in [2.24, 2.45) is 0 Å². The lowest BCUT2D eigenvalue weighted by Gasteiger charge is -2.18. The molecule has 1 N–H and O–H groups in total. The summed E-state index contributed by atoms with van der Waals surface area (Å²) in [7, 11) is 0. The van der Waals surface area contributed by atoms with Crippen LogP contribution in [0.25, 0.3) is 10.9 Å². The van der Waals surface area contributed by atoms with Gasteiger partial charge in [-0.15, -0.1) is 0 Å². The minimum atomic E-state index is -0.101. The average Bonchev–Trinajstić information content (AvgIpc) is 3.14. The second-order valence-corrected chi connectivity index (χ2v) is 6.95. The Hall–Kier alpha value is -2.95. The SMILES string of the molecule is Cc1cc(C)cc(C(=O)Nc2ccc3ncnc(N4CCCC4)c3c2)c1. The Morgan fingerprint density at radius 1 is 1.00 bits per heavy atom. The zero-order valence-corrected chi connectivity index (χ0v) is 15.1. The standard InChI is InChI=1S/C21H22N4O/c1-14-9-15(2)11-16(10-14)21(26)24-17-5-6-19-18(12-17)20(23-13-22-19)25-7-3-4-8-25/h5-6,9-13H,3-4,7-8H2,1-2H3,(H,24,26). The van der Waals surface area contributed by atoms with E-state index >= 15 is 0 Å². The van der Waals surface area contributed by atoms with Gasteiger partial charge < -0.3 is 10.2 Å². The van der Waals surface area contributed by atoms with Crippen LogP contribution in [0, 0.1) is 13.8 Å². The average molecular weight is 346 g/mol. The summed E-state index contributed by atoms with van der Waals surface area (Å²) in [4.78, 5) is 23.8. The van der Waals surface area contributed by atoms with Crippen LogP contribution >= 0.6 is 0 Å². The van der Waals surface area contributed by atoms with Crippen molar-refractivity contribution in [2.75, 3.05) is 23.3 Å². The maximum atomic E-state index is 12.6. The Morgan fingerprint density at radius 3 is 2.46 bits per heavy atom. The molecule has 3 aromatic rings. The molecule has 1 aromatic heterocycles. The van der Waals surface area contributed by atoms with Gasteiger partial charge in [0.25, 0.3) is 5.91 Å². The molecule has 0 saturated carbocycles. The van der Waals surface area contributed by atoms with Crippen molar-refractivity contribution in [3.63, 3.8) is 0 Å². The second-order valence-electron chi connectivity index (χ2n) is 6.95. The van der Waals surface area contributed by atoms with E-state index in [0.29, 0.717) is 5.56 Å². The van der Waals surface area contributed by atoms with Gasteiger partial charge in [-0.25, -0.2) is 9.97 Å². The summed E-state index contributed by atoms with van der Waals surface area (Å²) < 4.78 is 0. The highest BCUT2D eigenvalue weighted by Crippen LogP contribution is 2.28. The monoisotopic (exact) mass is 346 g/mol. The van der Waals surface area contributed by atoms with E-state index in [9.17, 15) is 4.79 Å². The molecule has 2 aromatic carbocycles. The van der Waals surface area contributed by atoms with E-state index < -0.39 is 0 Å². The Labute approximate surface area is 153 Å². The van der Waals surface area contributed by atoms with Crippen LogP contribution in [0.5, 0.6) is 0 Å². The molecule has 1 amide bonds. The number of amides is 1. The van der Waals surface area contributed by atoms with Crippen LogP contribution in [0.2, 0.25) is 0 Å².